The number of nitrogens with zero attached hydrogens (tertiary/aromatic N) is 1. The summed E-state index contributed by atoms with van der Waals surface area (Å²) in [6.07, 6.45) is 0.00518. The van der Waals surface area contributed by atoms with Crippen LogP contribution in [0.5, 0.6) is 11.5 Å². The van der Waals surface area contributed by atoms with Crippen molar-refractivity contribution in [2.24, 2.45) is 0 Å². The predicted molar refractivity (Wildman–Crippen MR) is 98.0 cm³/mol. The largest absolute Gasteiger partial charge is 0.490 e. The van der Waals surface area contributed by atoms with E-state index in [1.165, 1.54) is 0 Å². The third kappa shape index (κ3) is 6.78. The molecule has 0 aliphatic carbocycles. The SMILES string of the molecule is CCOC(=O)NC(=O)CN(CC)CC(=O)Nc1ccc2c(c1)OCCCO2. The second kappa shape index (κ2) is 10.4. The predicted octanol–water partition coefficient (Wildman–Crippen LogP) is 1.38. The molecule has 0 unspecified atom stereocenters. The Morgan fingerprint density at radius 1 is 1.07 bits per heavy atom. The van der Waals surface area contributed by atoms with Crippen molar-refractivity contribution >= 4 is 23.6 Å². The molecule has 0 spiro atoms. The number of carbonyl (C=O) groups excluding carboxylic acids is 3. The minimum absolute atomic E-state index is 0.00118. The molecule has 27 heavy (non-hydrogen) atoms. The number of alkyl carbamates (subject to hydrolysis) is 1. The molecule has 0 bridgehead atoms. The third-order valence-electron chi connectivity index (χ3n) is 3.73. The van der Waals surface area contributed by atoms with E-state index >= 15 is 0 Å². The highest BCUT2D eigenvalue weighted by Crippen LogP contribution is 2.32. The van der Waals surface area contributed by atoms with Crippen LogP contribution in [0.2, 0.25) is 0 Å². The van der Waals surface area contributed by atoms with Gasteiger partial charge in [-0.25, -0.2) is 4.79 Å². The van der Waals surface area contributed by atoms with E-state index in [1.54, 1.807) is 30.0 Å². The minimum atomic E-state index is -0.796. The lowest BCUT2D eigenvalue weighted by Crippen LogP contribution is -2.43. The molecule has 1 aliphatic heterocycles. The number of rotatable bonds is 7. The fourth-order valence-electron chi connectivity index (χ4n) is 2.45. The Morgan fingerprint density at radius 3 is 2.48 bits per heavy atom. The van der Waals surface area contributed by atoms with E-state index in [4.69, 9.17) is 9.47 Å². The molecular formula is C18H25N3O6. The van der Waals surface area contributed by atoms with Gasteiger partial charge >= 0.3 is 6.09 Å². The second-order valence-electron chi connectivity index (χ2n) is 5.83. The molecule has 1 aromatic rings. The van der Waals surface area contributed by atoms with E-state index < -0.39 is 12.0 Å². The molecule has 148 valence electrons. The summed E-state index contributed by atoms with van der Waals surface area (Å²) in [7, 11) is 0. The van der Waals surface area contributed by atoms with Crippen LogP contribution in [0.15, 0.2) is 18.2 Å². The number of benzene rings is 1. The molecule has 9 nitrogen and oxygen atoms in total. The van der Waals surface area contributed by atoms with Crippen molar-refractivity contribution < 1.29 is 28.6 Å². The Balaban J connectivity index is 1.86. The number of fused-ring (bicyclic) bond motifs is 1. The van der Waals surface area contributed by atoms with Crippen molar-refractivity contribution in [1.82, 2.24) is 10.2 Å². The fourth-order valence-corrected chi connectivity index (χ4v) is 2.45. The van der Waals surface area contributed by atoms with Gasteiger partial charge in [0.2, 0.25) is 11.8 Å². The maximum atomic E-state index is 12.3. The molecule has 0 saturated heterocycles. The zero-order valence-electron chi connectivity index (χ0n) is 15.6. The molecule has 0 saturated carbocycles. The summed E-state index contributed by atoms with van der Waals surface area (Å²) in [5, 5.41) is 4.88. The zero-order valence-corrected chi connectivity index (χ0v) is 15.6. The van der Waals surface area contributed by atoms with Crippen LogP contribution in [0.25, 0.3) is 0 Å². The minimum Gasteiger partial charge on any atom is -0.490 e. The van der Waals surface area contributed by atoms with Gasteiger partial charge in [-0.1, -0.05) is 6.92 Å². The van der Waals surface area contributed by atoms with Crippen LogP contribution < -0.4 is 20.1 Å². The molecule has 1 heterocycles. The summed E-state index contributed by atoms with van der Waals surface area (Å²) in [5.74, 6) is 0.428. The highest BCUT2D eigenvalue weighted by Gasteiger charge is 2.16. The first-order valence-electron chi connectivity index (χ1n) is 8.90. The van der Waals surface area contributed by atoms with E-state index in [2.05, 4.69) is 15.4 Å². The number of imide groups is 1. The summed E-state index contributed by atoms with van der Waals surface area (Å²) in [6, 6.07) is 5.19. The van der Waals surface area contributed by atoms with Crippen molar-refractivity contribution in [3.8, 4) is 11.5 Å². The first-order valence-corrected chi connectivity index (χ1v) is 8.90. The first-order chi connectivity index (χ1) is 13.0. The zero-order chi connectivity index (χ0) is 19.6. The van der Waals surface area contributed by atoms with E-state index in [0.717, 1.165) is 6.42 Å². The van der Waals surface area contributed by atoms with Gasteiger partial charge in [-0.05, 0) is 25.6 Å². The van der Waals surface area contributed by atoms with Crippen LogP contribution in [0.1, 0.15) is 20.3 Å². The van der Waals surface area contributed by atoms with Crippen molar-refractivity contribution in [3.63, 3.8) is 0 Å². The van der Waals surface area contributed by atoms with Gasteiger partial charge in [0.05, 0.1) is 32.9 Å². The fraction of sp³-hybridized carbons (Fsp3) is 0.500. The number of likely N-dealkylation sites (N-methyl/N-ethyl adjacent to an activating group) is 1. The average Bonchev–Trinajstić information content (AvgIpc) is 2.86. The second-order valence-corrected chi connectivity index (χ2v) is 5.83. The van der Waals surface area contributed by atoms with Crippen molar-refractivity contribution in [2.45, 2.75) is 20.3 Å². The number of amides is 3. The van der Waals surface area contributed by atoms with Crippen molar-refractivity contribution in [3.05, 3.63) is 18.2 Å². The summed E-state index contributed by atoms with van der Waals surface area (Å²) in [4.78, 5) is 36.9. The van der Waals surface area contributed by atoms with Crippen LogP contribution in [0.3, 0.4) is 0 Å². The highest BCUT2D eigenvalue weighted by molar-refractivity contribution is 5.94. The third-order valence-corrected chi connectivity index (χ3v) is 3.73. The summed E-state index contributed by atoms with van der Waals surface area (Å²) in [6.45, 7) is 5.16. The Bertz CT molecular complexity index is 679. The number of carbonyl (C=O) groups is 3. The van der Waals surface area contributed by atoms with Gasteiger partial charge in [0.25, 0.3) is 0 Å². The molecule has 3 amide bonds. The van der Waals surface area contributed by atoms with Crippen molar-refractivity contribution in [1.29, 1.82) is 0 Å². The maximum absolute atomic E-state index is 12.3. The van der Waals surface area contributed by atoms with Crippen LogP contribution in [0.4, 0.5) is 10.5 Å². The highest BCUT2D eigenvalue weighted by atomic mass is 16.5. The Labute approximate surface area is 157 Å². The van der Waals surface area contributed by atoms with Gasteiger partial charge in [-0.3, -0.25) is 19.8 Å². The lowest BCUT2D eigenvalue weighted by Gasteiger charge is -2.19. The van der Waals surface area contributed by atoms with Crippen LogP contribution in [-0.2, 0) is 14.3 Å². The topological polar surface area (TPSA) is 106 Å². The molecule has 1 aromatic carbocycles. The first kappa shape index (κ1) is 20.5. The quantitative estimate of drug-likeness (QED) is 0.737. The van der Waals surface area contributed by atoms with Gasteiger partial charge in [0.1, 0.15) is 0 Å². The molecular weight excluding hydrogens is 354 g/mol. The molecule has 9 heteroatoms. The summed E-state index contributed by atoms with van der Waals surface area (Å²) >= 11 is 0. The van der Waals surface area contributed by atoms with Gasteiger partial charge in [-0.2, -0.15) is 0 Å². The summed E-state index contributed by atoms with van der Waals surface area (Å²) in [5.41, 5.74) is 0.580. The number of hydrogen-bond donors (Lipinski definition) is 2. The normalized spacial score (nSPS) is 12.9. The van der Waals surface area contributed by atoms with E-state index in [1.807, 2.05) is 6.92 Å². The standard InChI is InChI=1S/C18H25N3O6/c1-3-21(12-17(23)20-18(24)25-4-2)11-16(22)19-13-6-7-14-15(10-13)27-9-5-8-26-14/h6-7,10H,3-5,8-9,11-12H2,1-2H3,(H,19,22)(H,20,23,24). The Morgan fingerprint density at radius 2 is 1.78 bits per heavy atom. The Hall–Kier alpha value is -2.81. The molecule has 1 aliphatic rings. The van der Waals surface area contributed by atoms with Crippen molar-refractivity contribution in [2.75, 3.05) is 44.8 Å². The lowest BCUT2D eigenvalue weighted by molar-refractivity contribution is -0.122. The van der Waals surface area contributed by atoms with E-state index in [9.17, 15) is 14.4 Å². The van der Waals surface area contributed by atoms with Gasteiger partial charge in [0.15, 0.2) is 11.5 Å². The molecule has 2 N–H and O–H groups in total. The molecule has 0 radical (unpaired) electrons. The number of nitrogens with one attached hydrogen (secondary N) is 2. The Kier molecular flexibility index (Phi) is 7.87. The molecule has 0 aromatic heterocycles. The molecule has 0 fully saturated rings. The molecule has 0 atom stereocenters. The van der Waals surface area contributed by atoms with Gasteiger partial charge in [0, 0.05) is 18.2 Å². The van der Waals surface area contributed by atoms with Crippen LogP contribution in [-0.4, -0.2) is 62.3 Å². The van der Waals surface area contributed by atoms with Gasteiger partial charge in [-0.15, -0.1) is 0 Å². The molecule has 2 rings (SSSR count). The maximum Gasteiger partial charge on any atom is 0.413 e. The smallest absolute Gasteiger partial charge is 0.413 e. The van der Waals surface area contributed by atoms with Crippen LogP contribution >= 0.6 is 0 Å². The van der Waals surface area contributed by atoms with Gasteiger partial charge < -0.3 is 19.5 Å². The van der Waals surface area contributed by atoms with E-state index in [-0.39, 0.29) is 25.6 Å². The number of ether oxygens (including phenoxy) is 3. The lowest BCUT2D eigenvalue weighted by atomic mass is 10.2. The van der Waals surface area contributed by atoms with E-state index in [0.29, 0.717) is 36.9 Å². The number of anilines is 1. The summed E-state index contributed by atoms with van der Waals surface area (Å²) < 4.78 is 15.8. The average molecular weight is 379 g/mol. The monoisotopic (exact) mass is 379 g/mol. The van der Waals surface area contributed by atoms with Crippen LogP contribution in [0, 0.1) is 0 Å². The number of hydrogen-bond acceptors (Lipinski definition) is 7.